The van der Waals surface area contributed by atoms with Gasteiger partial charge in [-0.1, -0.05) is 61.9 Å². The smallest absolute Gasteiger partial charge is 0.131 e. The predicted molar refractivity (Wildman–Crippen MR) is 111 cm³/mol. The quantitative estimate of drug-likeness (QED) is 0.333. The first-order valence-electron chi connectivity index (χ1n) is 8.78. The van der Waals surface area contributed by atoms with Crippen molar-refractivity contribution in [2.45, 2.75) is 26.2 Å². The van der Waals surface area contributed by atoms with Crippen LogP contribution in [0.4, 0.5) is 10.1 Å². The summed E-state index contributed by atoms with van der Waals surface area (Å²) in [4.78, 5) is 3.93. The number of hydrogen-bond acceptors (Lipinski definition) is 2. The van der Waals surface area contributed by atoms with E-state index in [0.29, 0.717) is 5.56 Å². The molecule has 0 aliphatic heterocycles. The van der Waals surface area contributed by atoms with Gasteiger partial charge in [0.2, 0.25) is 0 Å². The number of halogens is 1. The van der Waals surface area contributed by atoms with Crippen LogP contribution in [0.3, 0.4) is 0 Å². The molecule has 3 rings (SSSR count). The Morgan fingerprint density at radius 1 is 0.885 bits per heavy atom. The topological polar surface area (TPSA) is 12.4 Å². The average Bonchev–Trinajstić information content (AvgIpc) is 2.68. The molecule has 0 aliphatic carbocycles. The van der Waals surface area contributed by atoms with Gasteiger partial charge >= 0.3 is 0 Å². The third-order valence-electron chi connectivity index (χ3n) is 4.43. The van der Waals surface area contributed by atoms with Crippen molar-refractivity contribution in [2.75, 3.05) is 0 Å². The largest absolute Gasteiger partial charge is 0.206 e. The van der Waals surface area contributed by atoms with Gasteiger partial charge in [-0.2, -0.15) is 4.99 Å². The number of benzene rings is 3. The minimum Gasteiger partial charge on any atom is -0.206 e. The molecule has 0 radical (unpaired) electrons. The number of aliphatic imine (C=N–C) groups is 1. The molecule has 0 amide bonds. The Labute approximate surface area is 159 Å². The molecule has 0 aromatic heterocycles. The summed E-state index contributed by atoms with van der Waals surface area (Å²) in [5.41, 5.74) is 5.34. The molecule has 0 saturated heterocycles. The standard InChI is InChI=1S/C23H20FNS/c1-2-3-4-17-5-7-19(8-6-17)22-14-11-20(15-23(22)24)18-9-12-21(13-10-18)25-16-26/h5-15H,2-4H2,1H3. The molecule has 130 valence electrons. The van der Waals surface area contributed by atoms with E-state index in [1.165, 1.54) is 18.4 Å². The monoisotopic (exact) mass is 361 g/mol. The summed E-state index contributed by atoms with van der Waals surface area (Å²) in [5, 5.41) is 2.34. The van der Waals surface area contributed by atoms with Gasteiger partial charge in [0.15, 0.2) is 0 Å². The summed E-state index contributed by atoms with van der Waals surface area (Å²) in [7, 11) is 0. The highest BCUT2D eigenvalue weighted by Gasteiger charge is 2.08. The fourth-order valence-electron chi connectivity index (χ4n) is 2.94. The Morgan fingerprint density at radius 2 is 1.54 bits per heavy atom. The first-order chi connectivity index (χ1) is 12.7. The summed E-state index contributed by atoms with van der Waals surface area (Å²) >= 11 is 4.60. The molecule has 0 fully saturated rings. The highest BCUT2D eigenvalue weighted by atomic mass is 32.1. The number of hydrogen-bond donors (Lipinski definition) is 0. The van der Waals surface area contributed by atoms with Gasteiger partial charge in [-0.05, 0) is 65.5 Å². The molecule has 0 bridgehead atoms. The lowest BCUT2D eigenvalue weighted by Crippen LogP contribution is -1.88. The van der Waals surface area contributed by atoms with Crippen molar-refractivity contribution in [3.05, 3.63) is 78.1 Å². The van der Waals surface area contributed by atoms with Gasteiger partial charge in [0.25, 0.3) is 0 Å². The second-order valence-electron chi connectivity index (χ2n) is 6.25. The summed E-state index contributed by atoms with van der Waals surface area (Å²) in [5.74, 6) is -0.218. The zero-order valence-corrected chi connectivity index (χ0v) is 15.5. The number of isothiocyanates is 1. The second kappa shape index (κ2) is 8.66. The SMILES string of the molecule is CCCCc1ccc(-c2ccc(-c3ccc(N=C=S)cc3)cc2F)cc1. The summed E-state index contributed by atoms with van der Waals surface area (Å²) in [6, 6.07) is 21.0. The molecule has 3 aromatic rings. The van der Waals surface area contributed by atoms with Crippen molar-refractivity contribution < 1.29 is 4.39 Å². The zero-order chi connectivity index (χ0) is 18.4. The van der Waals surface area contributed by atoms with E-state index in [-0.39, 0.29) is 5.82 Å². The lowest BCUT2D eigenvalue weighted by Gasteiger charge is -2.08. The van der Waals surface area contributed by atoms with E-state index < -0.39 is 0 Å². The first kappa shape index (κ1) is 18.2. The third-order valence-corrected chi connectivity index (χ3v) is 4.52. The van der Waals surface area contributed by atoms with Gasteiger partial charge in [0.1, 0.15) is 5.82 Å². The molecule has 0 saturated carbocycles. The van der Waals surface area contributed by atoms with Gasteiger partial charge in [-0.25, -0.2) is 4.39 Å². The van der Waals surface area contributed by atoms with Crippen LogP contribution in [-0.4, -0.2) is 5.16 Å². The van der Waals surface area contributed by atoms with Crippen molar-refractivity contribution in [3.8, 4) is 22.3 Å². The van der Waals surface area contributed by atoms with E-state index in [1.807, 2.05) is 48.5 Å². The third kappa shape index (κ3) is 4.32. The molecule has 0 heterocycles. The highest BCUT2D eigenvalue weighted by Crippen LogP contribution is 2.29. The summed E-state index contributed by atoms with van der Waals surface area (Å²) in [6.07, 6.45) is 3.43. The van der Waals surface area contributed by atoms with Crippen LogP contribution in [0.25, 0.3) is 22.3 Å². The number of nitrogens with zero attached hydrogens (tertiary/aromatic N) is 1. The lowest BCUT2D eigenvalue weighted by atomic mass is 9.98. The van der Waals surface area contributed by atoms with Gasteiger partial charge in [0, 0.05) is 5.56 Å². The maximum absolute atomic E-state index is 14.7. The van der Waals surface area contributed by atoms with Crippen molar-refractivity contribution in [1.29, 1.82) is 0 Å². The zero-order valence-electron chi connectivity index (χ0n) is 14.7. The Kier molecular flexibility index (Phi) is 6.06. The van der Waals surface area contributed by atoms with Crippen molar-refractivity contribution in [2.24, 2.45) is 4.99 Å². The van der Waals surface area contributed by atoms with Crippen LogP contribution in [0.15, 0.2) is 71.7 Å². The van der Waals surface area contributed by atoms with Crippen LogP contribution < -0.4 is 0 Å². The Hall–Kier alpha value is -2.61. The van der Waals surface area contributed by atoms with Crippen LogP contribution in [0.2, 0.25) is 0 Å². The highest BCUT2D eigenvalue weighted by molar-refractivity contribution is 7.78. The van der Waals surface area contributed by atoms with Gasteiger partial charge in [0.05, 0.1) is 10.8 Å². The fourth-order valence-corrected chi connectivity index (χ4v) is 3.05. The van der Waals surface area contributed by atoms with E-state index in [0.717, 1.165) is 28.8 Å². The second-order valence-corrected chi connectivity index (χ2v) is 6.43. The minimum absolute atomic E-state index is 0.218. The van der Waals surface area contributed by atoms with Gasteiger partial charge < -0.3 is 0 Å². The molecule has 0 N–H and O–H groups in total. The van der Waals surface area contributed by atoms with E-state index in [2.05, 4.69) is 41.4 Å². The van der Waals surface area contributed by atoms with Crippen molar-refractivity contribution in [3.63, 3.8) is 0 Å². The number of aryl methyl sites for hydroxylation is 1. The molecular formula is C23H20FNS. The van der Waals surface area contributed by atoms with Crippen molar-refractivity contribution in [1.82, 2.24) is 0 Å². The molecule has 26 heavy (non-hydrogen) atoms. The molecule has 0 unspecified atom stereocenters. The lowest BCUT2D eigenvalue weighted by molar-refractivity contribution is 0.632. The van der Waals surface area contributed by atoms with E-state index in [9.17, 15) is 4.39 Å². The van der Waals surface area contributed by atoms with E-state index in [4.69, 9.17) is 0 Å². The molecule has 3 aromatic carbocycles. The normalized spacial score (nSPS) is 10.4. The van der Waals surface area contributed by atoms with Crippen LogP contribution in [0.5, 0.6) is 0 Å². The molecule has 3 heteroatoms. The molecule has 0 spiro atoms. The Bertz CT molecular complexity index is 923. The maximum atomic E-state index is 14.7. The van der Waals surface area contributed by atoms with Crippen LogP contribution in [-0.2, 0) is 6.42 Å². The fraction of sp³-hybridized carbons (Fsp3) is 0.174. The molecular weight excluding hydrogens is 341 g/mol. The maximum Gasteiger partial charge on any atom is 0.131 e. The summed E-state index contributed by atoms with van der Waals surface area (Å²) in [6.45, 7) is 2.18. The van der Waals surface area contributed by atoms with E-state index in [1.54, 1.807) is 6.07 Å². The summed E-state index contributed by atoms with van der Waals surface area (Å²) < 4.78 is 14.7. The van der Waals surface area contributed by atoms with Crippen LogP contribution in [0.1, 0.15) is 25.3 Å². The predicted octanol–water partition coefficient (Wildman–Crippen LogP) is 7.24. The Balaban J connectivity index is 1.84. The number of unbranched alkanes of at least 4 members (excludes halogenated alkanes) is 1. The number of rotatable bonds is 6. The molecule has 0 aliphatic rings. The molecule has 1 nitrogen and oxygen atoms in total. The van der Waals surface area contributed by atoms with Gasteiger partial charge in [-0.3, -0.25) is 0 Å². The number of thiocarbonyl (C=S) groups is 1. The molecule has 0 atom stereocenters. The first-order valence-corrected chi connectivity index (χ1v) is 9.19. The average molecular weight is 361 g/mol. The van der Waals surface area contributed by atoms with Gasteiger partial charge in [-0.15, -0.1) is 0 Å². The van der Waals surface area contributed by atoms with Crippen molar-refractivity contribution >= 4 is 23.1 Å². The Morgan fingerprint density at radius 3 is 2.15 bits per heavy atom. The minimum atomic E-state index is -0.218. The van der Waals surface area contributed by atoms with Crippen LogP contribution >= 0.6 is 12.2 Å². The van der Waals surface area contributed by atoms with Crippen LogP contribution in [0, 0.1) is 5.82 Å². The van der Waals surface area contributed by atoms with E-state index >= 15 is 0 Å².